The quantitative estimate of drug-likeness (QED) is 0.490. The number of nitrogens with one attached hydrogen (secondary N) is 1. The van der Waals surface area contributed by atoms with Crippen molar-refractivity contribution in [3.05, 3.63) is 11.6 Å². The van der Waals surface area contributed by atoms with Crippen molar-refractivity contribution in [3.8, 4) is 0 Å². The zero-order valence-electron chi connectivity index (χ0n) is 17.1. The standard InChI is InChI=1S/C21H32N2O6/c1-27-16-7-12(8-17(28-2)21(16)29-11-25)20-19-14(9-18(26)23(20)10-24)13-5-3-4-6-15(13)22-19/h7,10-11,13-22,26H,3-6,8-9H2,1-2H3/t13?,14?,15?,16?,17?,18?,19?,20-,21?/m1/s1. The van der Waals surface area contributed by atoms with Crippen LogP contribution in [0.1, 0.15) is 38.5 Å². The van der Waals surface area contributed by atoms with Gasteiger partial charge in [0.2, 0.25) is 6.41 Å². The molecule has 8 unspecified atom stereocenters. The van der Waals surface area contributed by atoms with Gasteiger partial charge in [-0.2, -0.15) is 0 Å². The van der Waals surface area contributed by atoms with E-state index in [-0.39, 0.29) is 18.2 Å². The van der Waals surface area contributed by atoms with Gasteiger partial charge >= 0.3 is 0 Å². The van der Waals surface area contributed by atoms with Crippen LogP contribution >= 0.6 is 0 Å². The van der Waals surface area contributed by atoms with Crippen molar-refractivity contribution in [2.75, 3.05) is 14.2 Å². The summed E-state index contributed by atoms with van der Waals surface area (Å²) in [6.45, 7) is 0.420. The number of likely N-dealkylation sites (tertiary alicyclic amines) is 1. The summed E-state index contributed by atoms with van der Waals surface area (Å²) in [7, 11) is 3.15. The normalized spacial score (nSPS) is 44.4. The summed E-state index contributed by atoms with van der Waals surface area (Å²) in [5.41, 5.74) is 0.987. The molecule has 0 spiro atoms. The number of carbonyl (C=O) groups excluding carboxylic acids is 2. The van der Waals surface area contributed by atoms with Gasteiger partial charge in [-0.15, -0.1) is 0 Å². The van der Waals surface area contributed by atoms with E-state index in [0.29, 0.717) is 37.2 Å². The van der Waals surface area contributed by atoms with Crippen LogP contribution in [0, 0.1) is 11.8 Å². The van der Waals surface area contributed by atoms with Crippen LogP contribution in [0.5, 0.6) is 0 Å². The highest BCUT2D eigenvalue weighted by molar-refractivity contribution is 5.51. The fourth-order valence-electron chi connectivity index (χ4n) is 6.26. The monoisotopic (exact) mass is 408 g/mol. The summed E-state index contributed by atoms with van der Waals surface area (Å²) in [5.74, 6) is 0.884. The molecule has 1 amide bonds. The van der Waals surface area contributed by atoms with E-state index < -0.39 is 18.4 Å². The van der Waals surface area contributed by atoms with Crippen LogP contribution in [-0.4, -0.2) is 79.8 Å². The molecule has 0 bridgehead atoms. The highest BCUT2D eigenvalue weighted by atomic mass is 16.6. The minimum absolute atomic E-state index is 0.0986. The van der Waals surface area contributed by atoms with Crippen LogP contribution in [0.25, 0.3) is 0 Å². The molecule has 8 nitrogen and oxygen atoms in total. The van der Waals surface area contributed by atoms with Gasteiger partial charge in [-0.3, -0.25) is 9.59 Å². The van der Waals surface area contributed by atoms with Crippen LogP contribution in [0.3, 0.4) is 0 Å². The van der Waals surface area contributed by atoms with Crippen LogP contribution in [0.4, 0.5) is 0 Å². The molecular formula is C21H32N2O6. The van der Waals surface area contributed by atoms with Crippen molar-refractivity contribution < 1.29 is 28.9 Å². The van der Waals surface area contributed by atoms with Crippen molar-refractivity contribution in [2.24, 2.45) is 11.8 Å². The number of nitrogens with zero attached hydrogens (tertiary/aromatic N) is 1. The smallest absolute Gasteiger partial charge is 0.293 e. The van der Waals surface area contributed by atoms with E-state index in [0.717, 1.165) is 18.4 Å². The molecular weight excluding hydrogens is 376 g/mol. The second-order valence-electron chi connectivity index (χ2n) is 8.74. The van der Waals surface area contributed by atoms with E-state index in [2.05, 4.69) is 5.32 Å². The van der Waals surface area contributed by atoms with Crippen molar-refractivity contribution in [1.29, 1.82) is 0 Å². The van der Waals surface area contributed by atoms with Gasteiger partial charge in [0.25, 0.3) is 6.47 Å². The number of hydrogen-bond donors (Lipinski definition) is 2. The first-order valence-electron chi connectivity index (χ1n) is 10.6. The van der Waals surface area contributed by atoms with E-state index in [9.17, 15) is 14.7 Å². The average Bonchev–Trinajstić information content (AvgIpc) is 3.11. The zero-order valence-corrected chi connectivity index (χ0v) is 17.1. The van der Waals surface area contributed by atoms with E-state index in [1.54, 1.807) is 14.2 Å². The number of ether oxygens (including phenoxy) is 3. The molecule has 8 heteroatoms. The number of aliphatic hydroxyl groups is 1. The van der Waals surface area contributed by atoms with Crippen LogP contribution in [0.2, 0.25) is 0 Å². The Morgan fingerprint density at radius 2 is 1.97 bits per heavy atom. The van der Waals surface area contributed by atoms with Gasteiger partial charge in [0.15, 0.2) is 6.10 Å². The third-order valence-corrected chi connectivity index (χ3v) is 7.52. The summed E-state index contributed by atoms with van der Waals surface area (Å²) in [6, 6.07) is 0.285. The highest BCUT2D eigenvalue weighted by Crippen LogP contribution is 2.46. The average molecular weight is 408 g/mol. The van der Waals surface area contributed by atoms with Gasteiger partial charge in [0.1, 0.15) is 18.4 Å². The molecule has 2 saturated heterocycles. The molecule has 162 valence electrons. The first-order chi connectivity index (χ1) is 14.1. The molecule has 29 heavy (non-hydrogen) atoms. The Morgan fingerprint density at radius 1 is 1.17 bits per heavy atom. The molecule has 2 heterocycles. The summed E-state index contributed by atoms with van der Waals surface area (Å²) >= 11 is 0. The Bertz CT molecular complexity index is 643. The molecule has 9 atom stereocenters. The van der Waals surface area contributed by atoms with Crippen molar-refractivity contribution in [1.82, 2.24) is 10.2 Å². The largest absolute Gasteiger partial charge is 0.459 e. The Balaban J connectivity index is 1.68. The number of rotatable bonds is 6. The maximum atomic E-state index is 12.0. The van der Waals surface area contributed by atoms with Gasteiger partial charge in [0, 0.05) is 32.7 Å². The minimum atomic E-state index is -0.798. The van der Waals surface area contributed by atoms with E-state index in [1.807, 2.05) is 6.08 Å². The van der Waals surface area contributed by atoms with Gasteiger partial charge in [-0.1, -0.05) is 18.9 Å². The Morgan fingerprint density at radius 3 is 2.66 bits per heavy atom. The third kappa shape index (κ3) is 3.60. The second kappa shape index (κ2) is 8.71. The lowest BCUT2D eigenvalue weighted by atomic mass is 9.71. The lowest BCUT2D eigenvalue weighted by molar-refractivity contribution is -0.153. The fraction of sp³-hybridized carbons (Fsp3) is 0.810. The fourth-order valence-corrected chi connectivity index (χ4v) is 6.26. The Kier molecular flexibility index (Phi) is 6.24. The zero-order chi connectivity index (χ0) is 20.5. The molecule has 0 radical (unpaired) electrons. The predicted octanol–water partition coefficient (Wildman–Crippen LogP) is 0.584. The number of piperidine rings is 1. The Labute approximate surface area is 171 Å². The number of amides is 1. The van der Waals surface area contributed by atoms with Crippen LogP contribution in [0.15, 0.2) is 11.6 Å². The number of hydrogen-bond acceptors (Lipinski definition) is 7. The van der Waals surface area contributed by atoms with Gasteiger partial charge in [0.05, 0.1) is 6.04 Å². The molecule has 0 aromatic carbocycles. The summed E-state index contributed by atoms with van der Waals surface area (Å²) in [6.07, 6.45) is 6.43. The van der Waals surface area contributed by atoms with E-state index >= 15 is 0 Å². The molecule has 2 N–H and O–H groups in total. The number of methoxy groups -OCH3 is 2. The molecule has 1 saturated carbocycles. The second-order valence-corrected chi connectivity index (χ2v) is 8.74. The summed E-state index contributed by atoms with van der Waals surface area (Å²) in [4.78, 5) is 24.5. The highest BCUT2D eigenvalue weighted by Gasteiger charge is 2.54. The lowest BCUT2D eigenvalue weighted by Crippen LogP contribution is -2.61. The molecule has 0 aromatic heterocycles. The first-order valence-corrected chi connectivity index (χ1v) is 10.6. The van der Waals surface area contributed by atoms with Crippen LogP contribution < -0.4 is 5.32 Å². The van der Waals surface area contributed by atoms with Gasteiger partial charge in [-0.05, 0) is 36.7 Å². The van der Waals surface area contributed by atoms with Gasteiger partial charge < -0.3 is 29.5 Å². The molecule has 4 rings (SSSR count). The third-order valence-electron chi connectivity index (χ3n) is 7.52. The summed E-state index contributed by atoms with van der Waals surface area (Å²) < 4.78 is 16.4. The van der Waals surface area contributed by atoms with Crippen molar-refractivity contribution >= 4 is 12.9 Å². The van der Waals surface area contributed by atoms with E-state index in [4.69, 9.17) is 14.2 Å². The van der Waals surface area contributed by atoms with Crippen LogP contribution in [-0.2, 0) is 23.8 Å². The minimum Gasteiger partial charge on any atom is -0.459 e. The maximum Gasteiger partial charge on any atom is 0.293 e. The molecule has 4 aliphatic rings. The molecule has 2 aliphatic heterocycles. The molecule has 2 aliphatic carbocycles. The number of fused-ring (bicyclic) bond motifs is 3. The lowest BCUT2D eigenvalue weighted by Gasteiger charge is -2.48. The SMILES string of the molecule is COC1C=C([C@@H]2C3NC4CCCCC4C3CC(O)N2C=O)CC(OC)C1OC=O. The first kappa shape index (κ1) is 20.8. The summed E-state index contributed by atoms with van der Waals surface area (Å²) in [5, 5.41) is 14.6. The predicted molar refractivity (Wildman–Crippen MR) is 104 cm³/mol. The number of carbonyl (C=O) groups is 2. The van der Waals surface area contributed by atoms with Gasteiger partial charge in [-0.25, -0.2) is 0 Å². The Hall–Kier alpha value is -1.48. The molecule has 0 aromatic rings. The van der Waals surface area contributed by atoms with Crippen molar-refractivity contribution in [2.45, 2.75) is 81.2 Å². The topological polar surface area (TPSA) is 97.3 Å². The maximum absolute atomic E-state index is 12.0. The number of aliphatic hydroxyl groups excluding tert-OH is 1. The van der Waals surface area contributed by atoms with Crippen molar-refractivity contribution in [3.63, 3.8) is 0 Å². The van der Waals surface area contributed by atoms with E-state index in [1.165, 1.54) is 24.2 Å². The molecule has 3 fully saturated rings.